The van der Waals surface area contributed by atoms with E-state index in [0.29, 0.717) is 0 Å². The zero-order chi connectivity index (χ0) is 13.2. The van der Waals surface area contributed by atoms with Crippen LogP contribution in [0.25, 0.3) is 0 Å². The molecule has 0 N–H and O–H groups in total. The highest BCUT2D eigenvalue weighted by Crippen LogP contribution is 2.23. The summed E-state index contributed by atoms with van der Waals surface area (Å²) in [5.41, 5.74) is 0. The third kappa shape index (κ3) is 3.05. The lowest BCUT2D eigenvalue weighted by Gasteiger charge is -2.50. The van der Waals surface area contributed by atoms with Gasteiger partial charge in [0.05, 0.1) is 41.5 Å². The summed E-state index contributed by atoms with van der Waals surface area (Å²) in [5, 5.41) is 0. The summed E-state index contributed by atoms with van der Waals surface area (Å²) < 4.78 is 2.52. The largest absolute Gasteiger partial charge is 0.530 e. The number of hydrogen-bond acceptors (Lipinski definition) is 3. The van der Waals surface area contributed by atoms with E-state index in [2.05, 4.69) is 20.9 Å². The lowest BCUT2D eigenvalue weighted by Crippen LogP contribution is -2.82. The minimum atomic E-state index is -0.497. The van der Waals surface area contributed by atoms with Gasteiger partial charge in [0.25, 0.3) is 0 Å². The molecule has 0 aromatic heterocycles. The summed E-state index contributed by atoms with van der Waals surface area (Å²) >= 11 is 0. The highest BCUT2D eigenvalue weighted by atomic mass is 28.4. The number of quaternary nitrogens is 3. The first-order valence-corrected chi connectivity index (χ1v) is 9.96. The van der Waals surface area contributed by atoms with Gasteiger partial charge >= 0.3 is 29.5 Å². The van der Waals surface area contributed by atoms with E-state index in [-0.39, 0.29) is 0 Å². The van der Waals surface area contributed by atoms with E-state index in [1.165, 1.54) is 0 Å². The van der Waals surface area contributed by atoms with E-state index in [1.54, 1.807) is 0 Å². The van der Waals surface area contributed by atoms with Crippen molar-refractivity contribution in [1.29, 1.82) is 0 Å². The molecule has 0 spiro atoms. The summed E-state index contributed by atoms with van der Waals surface area (Å²) in [4.78, 5) is 17.5. The van der Waals surface area contributed by atoms with Crippen LogP contribution in [0, 0.1) is 0 Å². The monoisotopic (exact) mass is 298 g/mol. The van der Waals surface area contributed by atoms with Crippen molar-refractivity contribution in [3.63, 3.8) is 0 Å². The average molecular weight is 299 g/mol. The van der Waals surface area contributed by atoms with Crippen molar-refractivity contribution in [2.75, 3.05) is 41.5 Å². The molecule has 0 saturated carbocycles. The van der Waals surface area contributed by atoms with Gasteiger partial charge in [0, 0.05) is 0 Å². The fraction of sp³-hybridized carbons (Fsp3) is 1.00. The first-order valence-electron chi connectivity index (χ1n) is 6.16. The molecule has 1 fully saturated rings. The van der Waals surface area contributed by atoms with Crippen molar-refractivity contribution in [3.8, 4) is 0 Å². The van der Waals surface area contributed by atoms with Crippen LogP contribution in [0.4, 0.5) is 0 Å². The Labute approximate surface area is 112 Å². The molecule has 2 unspecified atom stereocenters. The second-order valence-electron chi connectivity index (χ2n) is 5.02. The Balaban J connectivity index is 3.06. The van der Waals surface area contributed by atoms with Crippen LogP contribution in [0.15, 0.2) is 0 Å². The van der Waals surface area contributed by atoms with Gasteiger partial charge in [-0.2, -0.15) is 0 Å². The van der Waals surface area contributed by atoms with Gasteiger partial charge in [-0.1, -0.05) is 0 Å². The normalized spacial score (nSPS) is 46.9. The zero-order valence-corrected chi connectivity index (χ0v) is 16.3. The first-order chi connectivity index (χ1) is 7.92. The van der Waals surface area contributed by atoms with E-state index in [9.17, 15) is 0 Å². The summed E-state index contributed by atoms with van der Waals surface area (Å²) in [7, 11) is 6.24. The van der Waals surface area contributed by atoms with Crippen LogP contribution >= 0.6 is 0 Å². The predicted octanol–water partition coefficient (Wildman–Crippen LogP) is -2.20. The molecule has 0 aliphatic carbocycles. The van der Waals surface area contributed by atoms with Gasteiger partial charge in [-0.3, -0.25) is 0 Å². The van der Waals surface area contributed by atoms with E-state index in [1.807, 2.05) is 21.3 Å². The van der Waals surface area contributed by atoms with Gasteiger partial charge < -0.3 is 0 Å². The predicted molar refractivity (Wildman–Crippen MR) is 74.4 cm³/mol. The molecule has 1 saturated heterocycles. The summed E-state index contributed by atoms with van der Waals surface area (Å²) in [6, 6.07) is 0. The Hall–Kier alpha value is 0.411. The Morgan fingerprint density at radius 1 is 0.765 bits per heavy atom. The SMILES string of the molecule is CC[N+]1(OC)[SiH2][N+](C)(OC)[SiH2][N+](CC)(OC)[SiH2]1. The molecular formula is C8H28N3O3Si3+3. The topological polar surface area (TPSA) is 27.7 Å². The van der Waals surface area contributed by atoms with E-state index < -0.39 is 29.5 Å². The molecule has 17 heavy (non-hydrogen) atoms. The molecule has 2 atom stereocenters. The maximum atomic E-state index is 5.88. The fourth-order valence-corrected chi connectivity index (χ4v) is 17.8. The summed E-state index contributed by atoms with van der Waals surface area (Å²) in [5.74, 6) is 0. The second kappa shape index (κ2) is 5.59. The van der Waals surface area contributed by atoms with E-state index >= 15 is 0 Å². The Morgan fingerprint density at radius 3 is 1.41 bits per heavy atom. The van der Waals surface area contributed by atoms with Crippen molar-refractivity contribution < 1.29 is 26.4 Å². The minimum absolute atomic E-state index is 0.496. The molecule has 0 aromatic rings. The third-order valence-electron chi connectivity index (χ3n) is 4.00. The molecule has 6 nitrogen and oxygen atoms in total. The van der Waals surface area contributed by atoms with Crippen molar-refractivity contribution >= 4 is 29.5 Å². The van der Waals surface area contributed by atoms with Crippen LogP contribution < -0.4 is 0 Å². The Bertz CT molecular complexity index is 242. The smallest absolute Gasteiger partial charge is 0.236 e. The Kier molecular flexibility index (Phi) is 5.08. The first kappa shape index (κ1) is 15.5. The van der Waals surface area contributed by atoms with Crippen molar-refractivity contribution in [1.82, 2.24) is 0 Å². The molecule has 9 heteroatoms. The molecule has 1 rings (SSSR count). The molecule has 0 amide bonds. The summed E-state index contributed by atoms with van der Waals surface area (Å²) in [6.07, 6.45) is 0. The maximum Gasteiger partial charge on any atom is 0.530 e. The Morgan fingerprint density at radius 2 is 1.18 bits per heavy atom. The lowest BCUT2D eigenvalue weighted by molar-refractivity contribution is -1.11. The zero-order valence-electron chi connectivity index (χ0n) is 12.1. The number of rotatable bonds is 5. The highest BCUT2D eigenvalue weighted by Gasteiger charge is 2.60. The van der Waals surface area contributed by atoms with Gasteiger partial charge in [0.2, 0.25) is 0 Å². The standard InChI is InChI=1S/C8H28N3O3Si3/c1-7-10(13-5)15-9(3,12-4)16-11(8-2,14-6)17-10/h7-8,15-17H2,1-6H3/q+3. The van der Waals surface area contributed by atoms with Crippen LogP contribution in [-0.2, 0) is 14.5 Å². The highest BCUT2D eigenvalue weighted by molar-refractivity contribution is 6.46. The molecular weight excluding hydrogens is 270 g/mol. The van der Waals surface area contributed by atoms with Crippen LogP contribution in [-0.4, -0.2) is 82.9 Å². The van der Waals surface area contributed by atoms with Crippen LogP contribution in [0.5, 0.6) is 0 Å². The third-order valence-corrected chi connectivity index (χ3v) is 14.2. The summed E-state index contributed by atoms with van der Waals surface area (Å²) in [6.45, 7) is 6.53. The number of hydroxylamine groups is 3. The maximum absolute atomic E-state index is 5.88. The average Bonchev–Trinajstić information content (AvgIpc) is 2.37. The lowest BCUT2D eigenvalue weighted by atomic mass is 10.8. The van der Waals surface area contributed by atoms with E-state index in [4.69, 9.17) is 14.5 Å². The molecule has 0 aromatic carbocycles. The van der Waals surface area contributed by atoms with Gasteiger partial charge in [-0.25, -0.2) is 26.4 Å². The van der Waals surface area contributed by atoms with Crippen molar-refractivity contribution in [3.05, 3.63) is 0 Å². The van der Waals surface area contributed by atoms with E-state index in [0.717, 1.165) is 25.0 Å². The van der Waals surface area contributed by atoms with Crippen LogP contribution in [0.3, 0.4) is 0 Å². The molecule has 0 bridgehead atoms. The molecule has 102 valence electrons. The van der Waals surface area contributed by atoms with Crippen molar-refractivity contribution in [2.24, 2.45) is 0 Å². The molecule has 0 radical (unpaired) electrons. The molecule has 1 heterocycles. The quantitative estimate of drug-likeness (QED) is 0.539. The second-order valence-corrected chi connectivity index (χ2v) is 15.8. The van der Waals surface area contributed by atoms with Crippen LogP contribution in [0.2, 0.25) is 0 Å². The van der Waals surface area contributed by atoms with Gasteiger partial charge in [0.15, 0.2) is 0 Å². The molecule has 1 aliphatic rings. The number of hydrogen-bond donors (Lipinski definition) is 0. The van der Waals surface area contributed by atoms with Crippen molar-refractivity contribution in [2.45, 2.75) is 13.8 Å². The fourth-order valence-electron chi connectivity index (χ4n) is 2.70. The molecule has 1 aliphatic heterocycles. The van der Waals surface area contributed by atoms with Gasteiger partial charge in [-0.05, 0) is 13.8 Å². The van der Waals surface area contributed by atoms with Gasteiger partial charge in [-0.15, -0.1) is 0 Å². The van der Waals surface area contributed by atoms with Gasteiger partial charge in [0.1, 0.15) is 0 Å². The van der Waals surface area contributed by atoms with Crippen LogP contribution in [0.1, 0.15) is 13.8 Å². The minimum Gasteiger partial charge on any atom is -0.236 e. The number of nitrogens with zero attached hydrogens (tertiary/aromatic N) is 3.